The van der Waals surface area contributed by atoms with Gasteiger partial charge in [0.1, 0.15) is 4.32 Å². The molecule has 1 atom stereocenters. The zero-order valence-corrected chi connectivity index (χ0v) is 15.7. The Morgan fingerprint density at radius 1 is 1.00 bits per heavy atom. The molecule has 0 bridgehead atoms. The van der Waals surface area contributed by atoms with Crippen molar-refractivity contribution in [2.75, 3.05) is 5.75 Å². The molecule has 2 heterocycles. The van der Waals surface area contributed by atoms with E-state index in [0.717, 1.165) is 22.3 Å². The number of thiocarbonyl (C=S) groups is 1. The SMILES string of the molecule is OC1(c2ccc(-c3ccccc3)cc2)CSC(=S)N1Cc1cccnc1. The Hall–Kier alpha value is -2.21. The van der Waals surface area contributed by atoms with Gasteiger partial charge in [-0.05, 0) is 22.8 Å². The molecule has 0 amide bonds. The number of benzene rings is 2. The van der Waals surface area contributed by atoms with Crippen LogP contribution in [-0.4, -0.2) is 25.1 Å². The third-order valence-corrected chi connectivity index (χ3v) is 6.17. The molecule has 26 heavy (non-hydrogen) atoms. The van der Waals surface area contributed by atoms with E-state index < -0.39 is 5.72 Å². The predicted octanol–water partition coefficient (Wildman–Crippen LogP) is 4.43. The first kappa shape index (κ1) is 17.2. The fraction of sp³-hybridized carbons (Fsp3) is 0.143. The average Bonchev–Trinajstić information content (AvgIpc) is 2.99. The standard InChI is InChI=1S/C21H18N2OS2/c24-21(15-26-20(25)23(21)14-16-5-4-12-22-13-16)19-10-8-18(9-11-19)17-6-2-1-3-7-17/h1-13,24H,14-15H2. The lowest BCUT2D eigenvalue weighted by molar-refractivity contribution is -0.0508. The van der Waals surface area contributed by atoms with Gasteiger partial charge in [-0.3, -0.25) is 4.98 Å². The van der Waals surface area contributed by atoms with Crippen LogP contribution in [0.2, 0.25) is 0 Å². The number of aliphatic hydroxyl groups is 1. The minimum absolute atomic E-state index is 0.525. The zero-order chi connectivity index (χ0) is 18.0. The van der Waals surface area contributed by atoms with Crippen molar-refractivity contribution in [1.29, 1.82) is 0 Å². The highest BCUT2D eigenvalue weighted by atomic mass is 32.2. The van der Waals surface area contributed by atoms with Crippen LogP contribution in [-0.2, 0) is 12.3 Å². The molecule has 0 aliphatic carbocycles. The molecule has 2 aromatic carbocycles. The van der Waals surface area contributed by atoms with Crippen LogP contribution in [0, 0.1) is 0 Å². The number of aromatic nitrogens is 1. The van der Waals surface area contributed by atoms with Crippen LogP contribution in [0.15, 0.2) is 79.1 Å². The molecule has 0 saturated carbocycles. The summed E-state index contributed by atoms with van der Waals surface area (Å²) in [7, 11) is 0. The van der Waals surface area contributed by atoms with E-state index >= 15 is 0 Å². The van der Waals surface area contributed by atoms with Crippen molar-refractivity contribution < 1.29 is 5.11 Å². The Kier molecular flexibility index (Phi) is 4.76. The maximum absolute atomic E-state index is 11.4. The van der Waals surface area contributed by atoms with Gasteiger partial charge in [-0.25, -0.2) is 0 Å². The van der Waals surface area contributed by atoms with E-state index in [2.05, 4.69) is 29.2 Å². The Morgan fingerprint density at radius 2 is 1.73 bits per heavy atom. The summed E-state index contributed by atoms with van der Waals surface area (Å²) >= 11 is 7.01. The lowest BCUT2D eigenvalue weighted by atomic mass is 9.98. The Balaban J connectivity index is 1.63. The van der Waals surface area contributed by atoms with E-state index in [1.807, 2.05) is 53.6 Å². The summed E-state index contributed by atoms with van der Waals surface area (Å²) in [5.74, 6) is 0.525. The highest BCUT2D eigenvalue weighted by molar-refractivity contribution is 8.23. The molecule has 3 aromatic rings. The van der Waals surface area contributed by atoms with Crippen LogP contribution in [0.5, 0.6) is 0 Å². The summed E-state index contributed by atoms with van der Waals surface area (Å²) in [5, 5.41) is 11.4. The van der Waals surface area contributed by atoms with Gasteiger partial charge in [0.15, 0.2) is 5.72 Å². The van der Waals surface area contributed by atoms with Crippen LogP contribution in [0.1, 0.15) is 11.1 Å². The van der Waals surface area contributed by atoms with Crippen molar-refractivity contribution in [2.24, 2.45) is 0 Å². The monoisotopic (exact) mass is 378 g/mol. The second-order valence-electron chi connectivity index (χ2n) is 6.26. The fourth-order valence-corrected chi connectivity index (χ4v) is 4.55. The number of hydrogen-bond donors (Lipinski definition) is 1. The largest absolute Gasteiger partial charge is 0.366 e. The average molecular weight is 379 g/mol. The number of hydrogen-bond acceptors (Lipinski definition) is 4. The summed E-state index contributed by atoms with van der Waals surface area (Å²) in [4.78, 5) is 6.05. The molecule has 130 valence electrons. The molecule has 0 spiro atoms. The molecule has 1 N–H and O–H groups in total. The molecule has 0 radical (unpaired) electrons. The summed E-state index contributed by atoms with van der Waals surface area (Å²) < 4.78 is 0.712. The van der Waals surface area contributed by atoms with Crippen molar-refractivity contribution in [1.82, 2.24) is 9.88 Å². The van der Waals surface area contributed by atoms with Crippen molar-refractivity contribution in [3.63, 3.8) is 0 Å². The van der Waals surface area contributed by atoms with Crippen molar-refractivity contribution in [2.45, 2.75) is 12.3 Å². The van der Waals surface area contributed by atoms with Crippen LogP contribution in [0.25, 0.3) is 11.1 Å². The van der Waals surface area contributed by atoms with Crippen LogP contribution < -0.4 is 0 Å². The molecule has 4 rings (SSSR count). The number of rotatable bonds is 4. The molecule has 5 heteroatoms. The quantitative estimate of drug-likeness (QED) is 0.680. The van der Waals surface area contributed by atoms with Crippen LogP contribution in [0.3, 0.4) is 0 Å². The fourth-order valence-electron chi connectivity index (χ4n) is 3.14. The number of thioether (sulfide) groups is 1. The van der Waals surface area contributed by atoms with E-state index in [1.165, 1.54) is 11.8 Å². The lowest BCUT2D eigenvalue weighted by Gasteiger charge is -2.34. The Bertz CT molecular complexity index is 900. The van der Waals surface area contributed by atoms with E-state index in [4.69, 9.17) is 12.2 Å². The second kappa shape index (κ2) is 7.19. The van der Waals surface area contributed by atoms with Gasteiger partial charge < -0.3 is 10.0 Å². The maximum atomic E-state index is 11.4. The van der Waals surface area contributed by atoms with Crippen molar-refractivity contribution in [3.05, 3.63) is 90.3 Å². The van der Waals surface area contributed by atoms with Crippen molar-refractivity contribution >= 4 is 28.3 Å². The molecule has 1 unspecified atom stereocenters. The second-order valence-corrected chi connectivity index (χ2v) is 7.87. The van der Waals surface area contributed by atoms with Gasteiger partial charge in [0.2, 0.25) is 0 Å². The third-order valence-electron chi connectivity index (χ3n) is 4.58. The summed E-state index contributed by atoms with van der Waals surface area (Å²) in [6, 6.07) is 22.2. The normalized spacial score (nSPS) is 19.7. The first-order valence-electron chi connectivity index (χ1n) is 8.38. The number of pyridine rings is 1. The predicted molar refractivity (Wildman–Crippen MR) is 111 cm³/mol. The van der Waals surface area contributed by atoms with E-state index in [1.54, 1.807) is 6.20 Å². The van der Waals surface area contributed by atoms with Gasteiger partial charge in [0, 0.05) is 24.5 Å². The first-order valence-corrected chi connectivity index (χ1v) is 9.78. The van der Waals surface area contributed by atoms with Gasteiger partial charge in [-0.15, -0.1) is 0 Å². The number of nitrogens with zero attached hydrogens (tertiary/aromatic N) is 2. The third kappa shape index (κ3) is 3.26. The van der Waals surface area contributed by atoms with Gasteiger partial charge in [-0.1, -0.05) is 84.6 Å². The van der Waals surface area contributed by atoms with Gasteiger partial charge >= 0.3 is 0 Å². The minimum Gasteiger partial charge on any atom is -0.366 e. The summed E-state index contributed by atoms with van der Waals surface area (Å²) in [6.45, 7) is 0.538. The van der Waals surface area contributed by atoms with E-state index in [-0.39, 0.29) is 0 Å². The molecule has 1 aromatic heterocycles. The smallest absolute Gasteiger partial charge is 0.175 e. The Labute approximate surface area is 162 Å². The van der Waals surface area contributed by atoms with Crippen LogP contribution >= 0.6 is 24.0 Å². The Morgan fingerprint density at radius 3 is 2.42 bits per heavy atom. The highest BCUT2D eigenvalue weighted by Crippen LogP contribution is 2.40. The van der Waals surface area contributed by atoms with Gasteiger partial charge in [0.05, 0.1) is 5.75 Å². The maximum Gasteiger partial charge on any atom is 0.175 e. The van der Waals surface area contributed by atoms with Crippen molar-refractivity contribution in [3.8, 4) is 11.1 Å². The summed E-state index contributed by atoms with van der Waals surface area (Å²) in [5.41, 5.74) is 3.07. The van der Waals surface area contributed by atoms with E-state index in [9.17, 15) is 5.11 Å². The zero-order valence-electron chi connectivity index (χ0n) is 14.1. The minimum atomic E-state index is -1.10. The lowest BCUT2D eigenvalue weighted by Crippen LogP contribution is -2.44. The topological polar surface area (TPSA) is 36.4 Å². The molecule has 1 fully saturated rings. The molecule has 1 saturated heterocycles. The molecular formula is C21H18N2OS2. The van der Waals surface area contributed by atoms with E-state index in [0.29, 0.717) is 16.6 Å². The van der Waals surface area contributed by atoms with Gasteiger partial charge in [-0.2, -0.15) is 0 Å². The molecule has 1 aliphatic heterocycles. The summed E-state index contributed by atoms with van der Waals surface area (Å²) in [6.07, 6.45) is 3.56. The van der Waals surface area contributed by atoms with Gasteiger partial charge in [0.25, 0.3) is 0 Å². The molecular weight excluding hydrogens is 360 g/mol. The highest BCUT2D eigenvalue weighted by Gasteiger charge is 2.43. The molecule has 1 aliphatic rings. The molecule has 3 nitrogen and oxygen atoms in total. The van der Waals surface area contributed by atoms with Crippen LogP contribution in [0.4, 0.5) is 0 Å². The first-order chi connectivity index (χ1) is 12.7.